The third kappa shape index (κ3) is 9.97. The number of hydrogen-bond donors (Lipinski definition) is 1. The van der Waals surface area contributed by atoms with E-state index in [9.17, 15) is 31.2 Å². The highest BCUT2D eigenvalue weighted by atomic mass is 79.9. The predicted octanol–water partition coefficient (Wildman–Crippen LogP) is 6.44. The number of hydrogen-bond acceptors (Lipinski definition) is 4. The second kappa shape index (κ2) is 13.7. The average Bonchev–Trinajstić information content (AvgIpc) is 2.89. The van der Waals surface area contributed by atoms with Crippen molar-refractivity contribution >= 4 is 55.1 Å². The molecule has 3 rings (SSSR count). The van der Waals surface area contributed by atoms with Gasteiger partial charge in [0.15, 0.2) is 0 Å². The predicted molar refractivity (Wildman–Crippen MR) is 165 cm³/mol. The first-order chi connectivity index (χ1) is 19.8. The molecule has 0 aromatic heterocycles. The highest BCUT2D eigenvalue weighted by Crippen LogP contribution is 2.37. The largest absolute Gasteiger partial charge is 0.417 e. The smallest absolute Gasteiger partial charge is 0.350 e. The van der Waals surface area contributed by atoms with Gasteiger partial charge in [0, 0.05) is 23.0 Å². The van der Waals surface area contributed by atoms with E-state index in [0.29, 0.717) is 15.9 Å². The molecule has 0 radical (unpaired) electrons. The van der Waals surface area contributed by atoms with E-state index in [0.717, 1.165) is 28.4 Å². The molecule has 0 heterocycles. The van der Waals surface area contributed by atoms with Crippen LogP contribution in [-0.4, -0.2) is 49.5 Å². The summed E-state index contributed by atoms with van der Waals surface area (Å²) >= 11 is 9.12. The van der Waals surface area contributed by atoms with Crippen LogP contribution in [0.3, 0.4) is 0 Å². The van der Waals surface area contributed by atoms with Crippen molar-refractivity contribution in [1.82, 2.24) is 10.2 Å². The molecule has 1 unspecified atom stereocenters. The molecule has 3 aromatic rings. The summed E-state index contributed by atoms with van der Waals surface area (Å²) in [7, 11) is -4.27. The Morgan fingerprint density at radius 2 is 1.56 bits per heavy atom. The number of carbonyl (C=O) groups excluding carboxylic acids is 2. The molecule has 0 fully saturated rings. The van der Waals surface area contributed by atoms with Crippen molar-refractivity contribution in [1.29, 1.82) is 0 Å². The Morgan fingerprint density at radius 1 is 0.953 bits per heavy atom. The molecule has 1 atom stereocenters. The molecule has 0 aliphatic carbocycles. The van der Waals surface area contributed by atoms with Gasteiger partial charge in [0.05, 0.1) is 22.5 Å². The number of alkyl halides is 3. The molecule has 0 aliphatic heterocycles. The number of carbonyl (C=O) groups is 2. The quantitative estimate of drug-likeness (QED) is 0.264. The van der Waals surface area contributed by atoms with E-state index in [1.807, 2.05) is 6.07 Å². The molecule has 232 valence electrons. The zero-order valence-corrected chi connectivity index (χ0v) is 27.1. The monoisotopic (exact) mass is 701 g/mol. The second-order valence-electron chi connectivity index (χ2n) is 11.0. The third-order valence-electron chi connectivity index (χ3n) is 6.26. The van der Waals surface area contributed by atoms with Crippen molar-refractivity contribution in [2.24, 2.45) is 0 Å². The maximum Gasteiger partial charge on any atom is 0.417 e. The Labute approximate surface area is 263 Å². The molecule has 0 saturated heterocycles. The van der Waals surface area contributed by atoms with Gasteiger partial charge in [0.2, 0.25) is 21.8 Å². The van der Waals surface area contributed by atoms with Gasteiger partial charge in [-0.3, -0.25) is 13.9 Å². The van der Waals surface area contributed by atoms with Crippen LogP contribution >= 0.6 is 27.5 Å². The second-order valence-corrected chi connectivity index (χ2v) is 14.3. The number of sulfonamides is 1. The van der Waals surface area contributed by atoms with E-state index in [2.05, 4.69) is 21.2 Å². The lowest BCUT2D eigenvalue weighted by Gasteiger charge is -2.35. The summed E-state index contributed by atoms with van der Waals surface area (Å²) in [5, 5.41) is 2.29. The van der Waals surface area contributed by atoms with E-state index in [-0.39, 0.29) is 13.0 Å². The van der Waals surface area contributed by atoms with Crippen LogP contribution in [0.1, 0.15) is 37.5 Å². The molecule has 0 bridgehead atoms. The van der Waals surface area contributed by atoms with Crippen LogP contribution < -0.4 is 9.62 Å². The Morgan fingerprint density at radius 3 is 2.09 bits per heavy atom. The number of halogens is 5. The van der Waals surface area contributed by atoms with E-state index in [1.54, 1.807) is 69.3 Å². The molecule has 7 nitrogen and oxygen atoms in total. The Hall–Kier alpha value is -3.09. The fourth-order valence-electron chi connectivity index (χ4n) is 4.29. The van der Waals surface area contributed by atoms with Crippen molar-refractivity contribution in [3.63, 3.8) is 0 Å². The van der Waals surface area contributed by atoms with Gasteiger partial charge >= 0.3 is 6.18 Å². The number of benzene rings is 3. The van der Waals surface area contributed by atoms with Crippen molar-refractivity contribution in [3.8, 4) is 0 Å². The fourth-order valence-corrected chi connectivity index (χ4v) is 5.62. The van der Waals surface area contributed by atoms with Crippen molar-refractivity contribution in [3.05, 3.63) is 99.0 Å². The normalized spacial score (nSPS) is 12.9. The molecule has 13 heteroatoms. The molecule has 2 amide bonds. The molecule has 3 aromatic carbocycles. The van der Waals surface area contributed by atoms with E-state index in [1.165, 1.54) is 4.90 Å². The lowest BCUT2D eigenvalue weighted by molar-refractivity contribution is -0.140. The highest BCUT2D eigenvalue weighted by Gasteiger charge is 2.37. The van der Waals surface area contributed by atoms with E-state index < -0.39 is 62.4 Å². The number of anilines is 1. The van der Waals surface area contributed by atoms with Crippen molar-refractivity contribution < 1.29 is 31.2 Å². The Balaban J connectivity index is 2.11. The lowest BCUT2D eigenvalue weighted by atomic mass is 10.0. The summed E-state index contributed by atoms with van der Waals surface area (Å²) < 4.78 is 67.9. The maximum absolute atomic E-state index is 14.1. The molecule has 0 aliphatic rings. The van der Waals surface area contributed by atoms with Crippen LogP contribution in [0.5, 0.6) is 0 Å². The number of amides is 2. The van der Waals surface area contributed by atoms with Gasteiger partial charge < -0.3 is 10.2 Å². The molecular formula is C30H32BrClF3N3O4S. The van der Waals surface area contributed by atoms with E-state index in [4.69, 9.17) is 11.6 Å². The molecule has 0 saturated carbocycles. The van der Waals surface area contributed by atoms with Gasteiger partial charge in [0.1, 0.15) is 12.6 Å². The Bertz CT molecular complexity index is 1550. The van der Waals surface area contributed by atoms with E-state index >= 15 is 0 Å². The van der Waals surface area contributed by atoms with Gasteiger partial charge in [-0.15, -0.1) is 0 Å². The first-order valence-corrected chi connectivity index (χ1v) is 16.1. The van der Waals surface area contributed by atoms with Gasteiger partial charge in [-0.05, 0) is 62.2 Å². The summed E-state index contributed by atoms with van der Waals surface area (Å²) in [6.07, 6.45) is -3.97. The van der Waals surface area contributed by atoms with Gasteiger partial charge in [-0.1, -0.05) is 70.0 Å². The number of rotatable bonds is 10. The maximum atomic E-state index is 14.1. The van der Waals surface area contributed by atoms with Crippen molar-refractivity contribution in [2.45, 2.75) is 51.5 Å². The average molecular weight is 703 g/mol. The Kier molecular flexibility index (Phi) is 11.0. The number of nitrogens with one attached hydrogen (secondary N) is 1. The molecule has 0 spiro atoms. The summed E-state index contributed by atoms with van der Waals surface area (Å²) in [6.45, 7) is 4.43. The topological polar surface area (TPSA) is 86.8 Å². The van der Waals surface area contributed by atoms with Crippen LogP contribution in [-0.2, 0) is 38.8 Å². The van der Waals surface area contributed by atoms with Crippen LogP contribution in [0.4, 0.5) is 18.9 Å². The van der Waals surface area contributed by atoms with Crippen LogP contribution in [0.15, 0.2) is 77.3 Å². The van der Waals surface area contributed by atoms with Crippen LogP contribution in [0.25, 0.3) is 0 Å². The van der Waals surface area contributed by atoms with Gasteiger partial charge in [-0.25, -0.2) is 8.42 Å². The molecule has 1 N–H and O–H groups in total. The highest BCUT2D eigenvalue weighted by molar-refractivity contribution is 9.10. The minimum absolute atomic E-state index is 0.0762. The fraction of sp³-hybridized carbons (Fsp3) is 0.333. The summed E-state index contributed by atoms with van der Waals surface area (Å²) in [6, 6.07) is 17.5. The zero-order valence-electron chi connectivity index (χ0n) is 24.0. The van der Waals surface area contributed by atoms with Crippen LogP contribution in [0, 0.1) is 0 Å². The van der Waals surface area contributed by atoms with Gasteiger partial charge in [0.25, 0.3) is 0 Å². The SMILES string of the molecule is CC(C)(C)NC(=O)C(Cc1ccccc1)N(Cc1ccc(Br)cc1)C(=O)CN(c1ccc(Cl)c(C(F)(F)F)c1)S(C)(=O)=O. The van der Waals surface area contributed by atoms with Gasteiger partial charge in [-0.2, -0.15) is 13.2 Å². The zero-order chi connectivity index (χ0) is 32.2. The third-order valence-corrected chi connectivity index (χ3v) is 8.26. The number of nitrogens with zero attached hydrogens (tertiary/aromatic N) is 2. The molecule has 43 heavy (non-hydrogen) atoms. The standard InChI is InChI=1S/C30H32BrClF3N3O4S/c1-29(2,3)36-28(40)26(16-20-8-6-5-7-9-20)37(18-21-10-12-22(31)13-11-21)27(39)19-38(43(4,41)42)23-14-15-25(32)24(17-23)30(33,34)35/h5-15,17,26H,16,18-19H2,1-4H3,(H,36,40). The minimum atomic E-state index is -4.86. The van der Waals surface area contributed by atoms with Crippen LogP contribution in [0.2, 0.25) is 5.02 Å². The first kappa shape index (κ1) is 34.4. The summed E-state index contributed by atoms with van der Waals surface area (Å²) in [4.78, 5) is 29.1. The summed E-state index contributed by atoms with van der Waals surface area (Å²) in [5.41, 5.74) is -0.900. The summed E-state index contributed by atoms with van der Waals surface area (Å²) in [5.74, 6) is -1.26. The first-order valence-electron chi connectivity index (χ1n) is 13.1. The van der Waals surface area contributed by atoms with Crippen molar-refractivity contribution in [2.75, 3.05) is 17.1 Å². The lowest BCUT2D eigenvalue weighted by Crippen LogP contribution is -2.56. The molecular weight excluding hydrogens is 671 g/mol. The minimum Gasteiger partial charge on any atom is -0.350 e.